The maximum Gasteiger partial charge on any atom is 0.255 e. The molecule has 0 radical (unpaired) electrons. The average molecular weight is 326 g/mol. The monoisotopic (exact) mass is 326 g/mol. The number of aryl methyl sites for hydroxylation is 2. The fraction of sp³-hybridized carbons (Fsp3) is 0.333. The Kier molecular flexibility index (Phi) is 6.01. The molecule has 6 nitrogen and oxygen atoms in total. The van der Waals surface area contributed by atoms with Gasteiger partial charge in [0.2, 0.25) is 0 Å². The summed E-state index contributed by atoms with van der Waals surface area (Å²) in [5, 5.41) is 2.84. The molecule has 0 saturated heterocycles. The van der Waals surface area contributed by atoms with Gasteiger partial charge in [0, 0.05) is 43.4 Å². The van der Waals surface area contributed by atoms with Crippen molar-refractivity contribution in [1.82, 2.24) is 20.2 Å². The van der Waals surface area contributed by atoms with Gasteiger partial charge in [-0.1, -0.05) is 0 Å². The van der Waals surface area contributed by atoms with Gasteiger partial charge in [0.25, 0.3) is 11.8 Å². The fourth-order valence-corrected chi connectivity index (χ4v) is 2.41. The SMILES string of the molecule is CCN(CCNC(=O)c1cccnc1C)C(=O)c1cccnc1C. The molecule has 1 N–H and O–H groups in total. The number of amides is 2. The molecular weight excluding hydrogens is 304 g/mol. The number of hydrogen-bond acceptors (Lipinski definition) is 4. The van der Waals surface area contributed by atoms with Gasteiger partial charge in [-0.25, -0.2) is 0 Å². The van der Waals surface area contributed by atoms with Crippen molar-refractivity contribution < 1.29 is 9.59 Å². The van der Waals surface area contributed by atoms with Gasteiger partial charge in [-0.2, -0.15) is 0 Å². The lowest BCUT2D eigenvalue weighted by atomic mass is 10.1. The maximum atomic E-state index is 12.6. The second-order valence-corrected chi connectivity index (χ2v) is 5.41. The third kappa shape index (κ3) is 4.16. The van der Waals surface area contributed by atoms with E-state index in [-0.39, 0.29) is 11.8 Å². The van der Waals surface area contributed by atoms with E-state index in [9.17, 15) is 9.59 Å². The number of aromatic nitrogens is 2. The van der Waals surface area contributed by atoms with Crippen LogP contribution in [-0.2, 0) is 0 Å². The Bertz CT molecular complexity index is 730. The highest BCUT2D eigenvalue weighted by Crippen LogP contribution is 2.08. The van der Waals surface area contributed by atoms with Crippen LogP contribution in [0.1, 0.15) is 39.0 Å². The van der Waals surface area contributed by atoms with Crippen LogP contribution >= 0.6 is 0 Å². The standard InChI is InChI=1S/C18H22N4O2/c1-4-22(18(24)16-8-6-10-20-14(16)3)12-11-21-17(23)15-7-5-9-19-13(15)2/h5-10H,4,11-12H2,1-3H3,(H,21,23). The Labute approximate surface area is 141 Å². The smallest absolute Gasteiger partial charge is 0.255 e. The number of hydrogen-bond donors (Lipinski definition) is 1. The third-order valence-electron chi connectivity index (χ3n) is 3.83. The van der Waals surface area contributed by atoms with Gasteiger partial charge in [0.1, 0.15) is 0 Å². The van der Waals surface area contributed by atoms with Crippen LogP contribution in [0.5, 0.6) is 0 Å². The Morgan fingerprint density at radius 1 is 1.04 bits per heavy atom. The van der Waals surface area contributed by atoms with E-state index in [1.54, 1.807) is 48.5 Å². The van der Waals surface area contributed by atoms with E-state index in [1.807, 2.05) is 13.8 Å². The minimum absolute atomic E-state index is 0.0742. The van der Waals surface area contributed by atoms with Crippen LogP contribution < -0.4 is 5.32 Å². The summed E-state index contributed by atoms with van der Waals surface area (Å²) in [4.78, 5) is 34.7. The molecule has 2 amide bonds. The normalized spacial score (nSPS) is 10.3. The van der Waals surface area contributed by atoms with Gasteiger partial charge in [-0.3, -0.25) is 19.6 Å². The molecule has 0 unspecified atom stereocenters. The summed E-state index contributed by atoms with van der Waals surface area (Å²) in [5.74, 6) is -0.253. The summed E-state index contributed by atoms with van der Waals surface area (Å²) in [6.45, 7) is 6.91. The molecule has 0 aliphatic heterocycles. The lowest BCUT2D eigenvalue weighted by Crippen LogP contribution is -2.39. The number of carbonyl (C=O) groups is 2. The molecule has 6 heteroatoms. The molecule has 0 spiro atoms. The van der Waals surface area contributed by atoms with Gasteiger partial charge in [-0.05, 0) is 45.0 Å². The summed E-state index contributed by atoms with van der Waals surface area (Å²) >= 11 is 0. The number of likely N-dealkylation sites (N-methyl/N-ethyl adjacent to an activating group) is 1. The predicted octanol–water partition coefficient (Wildman–Crippen LogP) is 1.99. The van der Waals surface area contributed by atoms with Gasteiger partial charge >= 0.3 is 0 Å². The largest absolute Gasteiger partial charge is 0.350 e. The first-order chi connectivity index (χ1) is 11.5. The second-order valence-electron chi connectivity index (χ2n) is 5.41. The van der Waals surface area contributed by atoms with Crippen LogP contribution in [0.25, 0.3) is 0 Å². The molecule has 0 atom stereocenters. The van der Waals surface area contributed by atoms with Crippen molar-refractivity contribution in [1.29, 1.82) is 0 Å². The lowest BCUT2D eigenvalue weighted by Gasteiger charge is -2.21. The molecule has 0 aliphatic carbocycles. The Hall–Kier alpha value is -2.76. The summed E-state index contributed by atoms with van der Waals surface area (Å²) < 4.78 is 0. The summed E-state index contributed by atoms with van der Waals surface area (Å²) in [5.41, 5.74) is 2.53. The Morgan fingerprint density at radius 2 is 1.62 bits per heavy atom. The highest BCUT2D eigenvalue weighted by atomic mass is 16.2. The zero-order valence-electron chi connectivity index (χ0n) is 14.2. The molecule has 0 aliphatic rings. The van der Waals surface area contributed by atoms with Crippen molar-refractivity contribution in [3.05, 3.63) is 59.2 Å². The minimum atomic E-state index is -0.179. The minimum Gasteiger partial charge on any atom is -0.350 e. The van der Waals surface area contributed by atoms with E-state index >= 15 is 0 Å². The van der Waals surface area contributed by atoms with Crippen molar-refractivity contribution in [3.63, 3.8) is 0 Å². The third-order valence-corrected chi connectivity index (χ3v) is 3.83. The quantitative estimate of drug-likeness (QED) is 0.881. The van der Waals surface area contributed by atoms with Gasteiger partial charge in [0.15, 0.2) is 0 Å². The van der Waals surface area contributed by atoms with Crippen LogP contribution in [0.2, 0.25) is 0 Å². The summed E-state index contributed by atoms with van der Waals surface area (Å²) in [6, 6.07) is 6.99. The average Bonchev–Trinajstić information content (AvgIpc) is 2.59. The van der Waals surface area contributed by atoms with E-state index in [4.69, 9.17) is 0 Å². The van der Waals surface area contributed by atoms with Crippen molar-refractivity contribution in [2.75, 3.05) is 19.6 Å². The zero-order valence-corrected chi connectivity index (χ0v) is 14.2. The summed E-state index contributed by atoms with van der Waals surface area (Å²) in [6.07, 6.45) is 3.32. The molecule has 0 saturated carbocycles. The van der Waals surface area contributed by atoms with Gasteiger partial charge in [0.05, 0.1) is 11.1 Å². The van der Waals surface area contributed by atoms with Gasteiger partial charge in [-0.15, -0.1) is 0 Å². The van der Waals surface area contributed by atoms with Crippen LogP contribution in [0.3, 0.4) is 0 Å². The number of carbonyl (C=O) groups excluding carboxylic acids is 2. The number of nitrogens with one attached hydrogen (secondary N) is 1. The van der Waals surface area contributed by atoms with Crippen molar-refractivity contribution in [3.8, 4) is 0 Å². The molecule has 2 aromatic heterocycles. The highest BCUT2D eigenvalue weighted by Gasteiger charge is 2.17. The van der Waals surface area contributed by atoms with Crippen molar-refractivity contribution in [2.24, 2.45) is 0 Å². The molecule has 2 aromatic rings. The molecular formula is C18H22N4O2. The van der Waals surface area contributed by atoms with Crippen molar-refractivity contribution in [2.45, 2.75) is 20.8 Å². The molecule has 24 heavy (non-hydrogen) atoms. The number of rotatable bonds is 6. The van der Waals surface area contributed by atoms with Crippen LogP contribution in [0.15, 0.2) is 36.7 Å². The van der Waals surface area contributed by atoms with Crippen molar-refractivity contribution >= 4 is 11.8 Å². The highest BCUT2D eigenvalue weighted by molar-refractivity contribution is 5.96. The van der Waals surface area contributed by atoms with E-state index in [0.29, 0.717) is 42.1 Å². The molecule has 0 aromatic carbocycles. The topological polar surface area (TPSA) is 75.2 Å². The summed E-state index contributed by atoms with van der Waals surface area (Å²) in [7, 11) is 0. The van der Waals surface area contributed by atoms with Crippen LogP contribution in [0, 0.1) is 13.8 Å². The van der Waals surface area contributed by atoms with Gasteiger partial charge < -0.3 is 10.2 Å². The molecule has 2 heterocycles. The van der Waals surface area contributed by atoms with E-state index in [1.165, 1.54) is 0 Å². The first-order valence-corrected chi connectivity index (χ1v) is 7.95. The molecule has 0 fully saturated rings. The molecule has 126 valence electrons. The Morgan fingerprint density at radius 3 is 2.17 bits per heavy atom. The fourth-order valence-electron chi connectivity index (χ4n) is 2.41. The van der Waals surface area contributed by atoms with Crippen LogP contribution in [-0.4, -0.2) is 46.3 Å². The lowest BCUT2D eigenvalue weighted by molar-refractivity contribution is 0.0756. The number of pyridine rings is 2. The molecule has 2 rings (SSSR count). The predicted molar refractivity (Wildman–Crippen MR) is 91.9 cm³/mol. The maximum absolute atomic E-state index is 12.6. The second kappa shape index (κ2) is 8.19. The first-order valence-electron chi connectivity index (χ1n) is 7.95. The van der Waals surface area contributed by atoms with E-state index in [0.717, 1.165) is 0 Å². The zero-order chi connectivity index (χ0) is 17.5. The van der Waals surface area contributed by atoms with E-state index < -0.39 is 0 Å². The van der Waals surface area contributed by atoms with Crippen LogP contribution in [0.4, 0.5) is 0 Å². The Balaban J connectivity index is 1.95. The molecule has 0 bridgehead atoms. The van der Waals surface area contributed by atoms with E-state index in [2.05, 4.69) is 15.3 Å². The number of nitrogens with zero attached hydrogens (tertiary/aromatic N) is 3. The first kappa shape index (κ1) is 17.6.